The molecule has 0 aliphatic carbocycles. The number of aromatic hydroxyl groups is 1. The summed E-state index contributed by atoms with van der Waals surface area (Å²) < 4.78 is 10.1. The van der Waals surface area contributed by atoms with Crippen molar-refractivity contribution < 1.29 is 14.6 Å². The Morgan fingerprint density at radius 3 is 2.54 bits per heavy atom. The molecule has 1 heterocycles. The second-order valence-corrected chi connectivity index (χ2v) is 5.50. The molecule has 1 aromatic carbocycles. The topological polar surface area (TPSA) is 125 Å². The summed E-state index contributed by atoms with van der Waals surface area (Å²) in [6.45, 7) is 0. The number of thioether (sulfide) groups is 1. The second kappa shape index (κ2) is 7.55. The first kappa shape index (κ1) is 17.4. The van der Waals surface area contributed by atoms with Crippen LogP contribution in [0.15, 0.2) is 23.2 Å². The quantitative estimate of drug-likeness (QED) is 0.627. The molecule has 0 aliphatic rings. The lowest BCUT2D eigenvalue weighted by Crippen LogP contribution is -2.04. The number of hydrogen-bond donors (Lipinski definition) is 2. The predicted molar refractivity (Wildman–Crippen MR) is 89.5 cm³/mol. The van der Waals surface area contributed by atoms with Crippen molar-refractivity contribution in [2.24, 2.45) is 0 Å². The largest absolute Gasteiger partial charge is 0.504 e. The van der Waals surface area contributed by atoms with Crippen molar-refractivity contribution in [3.63, 3.8) is 0 Å². The Morgan fingerprint density at radius 1 is 1.25 bits per heavy atom. The van der Waals surface area contributed by atoms with Gasteiger partial charge in [0.25, 0.3) is 0 Å². The standard InChI is InChI=1S/C16H14N4O3S/c1-22-8-24-16-11(7-18)14(10(6-17)15(19)20-16)9-3-4-12(21)13(5-9)23-2/h3-5,21H,8H2,1-2H3,(H2,19,20). The number of nitrogens with zero attached hydrogens (tertiary/aromatic N) is 3. The summed E-state index contributed by atoms with van der Waals surface area (Å²) in [4.78, 5) is 4.13. The third-order valence-corrected chi connectivity index (χ3v) is 4.12. The molecule has 7 nitrogen and oxygen atoms in total. The molecule has 0 saturated carbocycles. The first-order valence-corrected chi connectivity index (χ1v) is 7.68. The minimum absolute atomic E-state index is 0.0251. The lowest BCUT2D eigenvalue weighted by Gasteiger charge is -2.14. The van der Waals surface area contributed by atoms with Crippen molar-refractivity contribution in [1.29, 1.82) is 10.5 Å². The van der Waals surface area contributed by atoms with Gasteiger partial charge in [-0.15, -0.1) is 0 Å². The first-order valence-electron chi connectivity index (χ1n) is 6.70. The van der Waals surface area contributed by atoms with Crippen molar-refractivity contribution in [2.45, 2.75) is 5.03 Å². The lowest BCUT2D eigenvalue weighted by molar-refractivity contribution is 0.258. The van der Waals surface area contributed by atoms with E-state index in [9.17, 15) is 15.6 Å². The fourth-order valence-corrected chi connectivity index (χ4v) is 2.82. The van der Waals surface area contributed by atoms with Crippen LogP contribution in [0.4, 0.5) is 5.82 Å². The van der Waals surface area contributed by atoms with Crippen LogP contribution in [0.2, 0.25) is 0 Å². The van der Waals surface area contributed by atoms with E-state index >= 15 is 0 Å². The van der Waals surface area contributed by atoms with E-state index in [4.69, 9.17) is 15.2 Å². The monoisotopic (exact) mass is 342 g/mol. The minimum atomic E-state index is -0.0470. The number of nitriles is 2. The minimum Gasteiger partial charge on any atom is -0.504 e. The summed E-state index contributed by atoms with van der Waals surface area (Å²) >= 11 is 1.20. The number of phenolic OH excluding ortho intramolecular Hbond substituents is 1. The second-order valence-electron chi connectivity index (χ2n) is 4.59. The van der Waals surface area contributed by atoms with E-state index in [1.165, 1.54) is 38.1 Å². The van der Waals surface area contributed by atoms with E-state index in [1.54, 1.807) is 6.07 Å². The van der Waals surface area contributed by atoms with Crippen LogP contribution in [-0.4, -0.2) is 30.2 Å². The van der Waals surface area contributed by atoms with Crippen LogP contribution in [0, 0.1) is 22.7 Å². The van der Waals surface area contributed by atoms with Crippen molar-refractivity contribution >= 4 is 17.6 Å². The summed E-state index contributed by atoms with van der Waals surface area (Å²) in [7, 11) is 2.94. The fraction of sp³-hybridized carbons (Fsp3) is 0.188. The molecule has 0 radical (unpaired) electrons. The number of nitrogen functional groups attached to an aromatic ring is 1. The van der Waals surface area contributed by atoms with Gasteiger partial charge >= 0.3 is 0 Å². The number of pyridine rings is 1. The number of hydrogen-bond acceptors (Lipinski definition) is 8. The Bertz CT molecular complexity index is 856. The van der Waals surface area contributed by atoms with Crippen molar-refractivity contribution in [2.75, 3.05) is 25.9 Å². The van der Waals surface area contributed by atoms with Crippen LogP contribution in [0.25, 0.3) is 11.1 Å². The maximum Gasteiger partial charge on any atom is 0.161 e. The van der Waals surface area contributed by atoms with Crippen LogP contribution in [-0.2, 0) is 4.74 Å². The summed E-state index contributed by atoms with van der Waals surface area (Å²) in [5.74, 6) is 0.485. The molecule has 1 aromatic heterocycles. The van der Waals surface area contributed by atoms with Gasteiger partial charge in [0.1, 0.15) is 28.5 Å². The van der Waals surface area contributed by atoms with Crippen molar-refractivity contribution in [1.82, 2.24) is 4.98 Å². The molecule has 0 amide bonds. The van der Waals surface area contributed by atoms with Gasteiger partial charge in [-0.3, -0.25) is 0 Å². The van der Waals surface area contributed by atoms with E-state index in [1.807, 2.05) is 6.07 Å². The highest BCUT2D eigenvalue weighted by Gasteiger charge is 2.21. The van der Waals surface area contributed by atoms with E-state index in [2.05, 4.69) is 11.1 Å². The zero-order valence-electron chi connectivity index (χ0n) is 13.0. The van der Waals surface area contributed by atoms with Crippen LogP contribution in [0.1, 0.15) is 11.1 Å². The Morgan fingerprint density at radius 2 is 1.96 bits per heavy atom. The summed E-state index contributed by atoms with van der Waals surface area (Å²) in [6.07, 6.45) is 0. The SMILES string of the molecule is COCSc1nc(N)c(C#N)c(-c2ccc(O)c(OC)c2)c1C#N. The molecule has 0 saturated heterocycles. The third-order valence-electron chi connectivity index (χ3n) is 3.20. The molecule has 3 N–H and O–H groups in total. The Hall–Kier alpha value is -2.94. The van der Waals surface area contributed by atoms with Crippen LogP contribution >= 0.6 is 11.8 Å². The Labute approximate surface area is 143 Å². The molecule has 24 heavy (non-hydrogen) atoms. The van der Waals surface area contributed by atoms with E-state index < -0.39 is 0 Å². The molecule has 2 rings (SSSR count). The smallest absolute Gasteiger partial charge is 0.161 e. The molecule has 2 aromatic rings. The number of ether oxygens (including phenoxy) is 2. The summed E-state index contributed by atoms with van der Waals surface area (Å²) in [5.41, 5.74) is 7.08. The van der Waals surface area contributed by atoms with Crippen molar-refractivity contribution in [3.8, 4) is 34.8 Å². The van der Waals surface area contributed by atoms with Crippen molar-refractivity contribution in [3.05, 3.63) is 29.3 Å². The summed E-state index contributed by atoms with van der Waals surface area (Å²) in [5, 5.41) is 29.1. The lowest BCUT2D eigenvalue weighted by atomic mass is 9.96. The maximum atomic E-state index is 9.75. The number of anilines is 1. The van der Waals surface area contributed by atoms with Crippen LogP contribution < -0.4 is 10.5 Å². The van der Waals surface area contributed by atoms with Gasteiger partial charge in [0.2, 0.25) is 0 Å². The van der Waals surface area contributed by atoms with Gasteiger partial charge in [0.05, 0.1) is 18.6 Å². The average Bonchev–Trinajstić information content (AvgIpc) is 2.59. The van der Waals surface area contributed by atoms with E-state index in [-0.39, 0.29) is 34.4 Å². The van der Waals surface area contributed by atoms with Gasteiger partial charge in [0.15, 0.2) is 11.5 Å². The number of aromatic nitrogens is 1. The number of benzene rings is 1. The summed E-state index contributed by atoms with van der Waals surface area (Å²) in [6, 6.07) is 8.61. The highest BCUT2D eigenvalue weighted by molar-refractivity contribution is 7.99. The molecule has 8 heteroatoms. The first-order chi connectivity index (χ1) is 11.6. The van der Waals surface area contributed by atoms with Gasteiger partial charge < -0.3 is 20.3 Å². The third kappa shape index (κ3) is 3.20. The molecular weight excluding hydrogens is 328 g/mol. The molecule has 0 unspecified atom stereocenters. The van der Waals surface area contributed by atoms with Crippen LogP contribution in [0.3, 0.4) is 0 Å². The van der Waals surface area contributed by atoms with Gasteiger partial charge in [-0.05, 0) is 17.7 Å². The van der Waals surface area contributed by atoms with Gasteiger partial charge in [0, 0.05) is 12.7 Å². The maximum absolute atomic E-state index is 9.75. The van der Waals surface area contributed by atoms with Gasteiger partial charge in [-0.25, -0.2) is 4.98 Å². The molecule has 0 fully saturated rings. The zero-order chi connectivity index (χ0) is 17.7. The normalized spacial score (nSPS) is 10.0. The number of phenols is 1. The molecule has 122 valence electrons. The number of nitrogens with two attached hydrogens (primary N) is 1. The van der Waals surface area contributed by atoms with E-state index in [0.717, 1.165) is 0 Å². The van der Waals surface area contributed by atoms with Crippen LogP contribution in [0.5, 0.6) is 11.5 Å². The van der Waals surface area contributed by atoms with Gasteiger partial charge in [-0.2, -0.15) is 10.5 Å². The highest BCUT2D eigenvalue weighted by atomic mass is 32.2. The number of rotatable bonds is 5. The fourth-order valence-electron chi connectivity index (χ4n) is 2.14. The molecule has 0 bridgehead atoms. The average molecular weight is 342 g/mol. The zero-order valence-corrected chi connectivity index (χ0v) is 13.8. The Balaban J connectivity index is 2.78. The molecule has 0 spiro atoms. The Kier molecular flexibility index (Phi) is 5.48. The van der Waals surface area contributed by atoms with Gasteiger partial charge in [-0.1, -0.05) is 17.8 Å². The molecule has 0 atom stereocenters. The molecule has 0 aliphatic heterocycles. The highest BCUT2D eigenvalue weighted by Crippen LogP contribution is 2.38. The number of methoxy groups -OCH3 is 2. The van der Waals surface area contributed by atoms with E-state index in [0.29, 0.717) is 16.2 Å². The molecular formula is C16H14N4O3S. The predicted octanol–water partition coefficient (Wildman–Crippen LogP) is 2.48.